The Balaban J connectivity index is 1.65. The van der Waals surface area contributed by atoms with Gasteiger partial charge in [-0.05, 0) is 49.7 Å². The van der Waals surface area contributed by atoms with Crippen molar-refractivity contribution in [3.8, 4) is 5.75 Å². The van der Waals surface area contributed by atoms with Gasteiger partial charge < -0.3 is 10.1 Å². The molecule has 2 aromatic carbocycles. The van der Waals surface area contributed by atoms with Crippen LogP contribution in [0.1, 0.15) is 40.1 Å². The summed E-state index contributed by atoms with van der Waals surface area (Å²) in [7, 11) is 1.89. The molecule has 140 valence electrons. The Morgan fingerprint density at radius 2 is 2.04 bits per heavy atom. The van der Waals surface area contributed by atoms with Gasteiger partial charge in [-0.3, -0.25) is 9.48 Å². The van der Waals surface area contributed by atoms with E-state index in [1.807, 2.05) is 51.2 Å². The summed E-state index contributed by atoms with van der Waals surface area (Å²) in [6.07, 6.45) is 1.79. The first-order valence-electron chi connectivity index (χ1n) is 8.70. The molecule has 1 heterocycles. The second kappa shape index (κ2) is 8.27. The predicted molar refractivity (Wildman–Crippen MR) is 106 cm³/mol. The molecule has 3 rings (SSSR count). The van der Waals surface area contributed by atoms with Crippen LogP contribution in [-0.4, -0.2) is 15.7 Å². The molecular formula is C21H22ClN3O2. The highest BCUT2D eigenvalue weighted by atomic mass is 35.5. The minimum absolute atomic E-state index is 0.127. The van der Waals surface area contributed by atoms with Gasteiger partial charge in [0.15, 0.2) is 0 Å². The van der Waals surface area contributed by atoms with E-state index < -0.39 is 0 Å². The molecule has 0 aliphatic carbocycles. The first-order chi connectivity index (χ1) is 12.9. The van der Waals surface area contributed by atoms with Crippen LogP contribution >= 0.6 is 11.6 Å². The van der Waals surface area contributed by atoms with Crippen LogP contribution in [0.15, 0.2) is 54.7 Å². The topological polar surface area (TPSA) is 56.1 Å². The lowest BCUT2D eigenvalue weighted by Crippen LogP contribution is -2.27. The van der Waals surface area contributed by atoms with Gasteiger partial charge in [0.1, 0.15) is 12.4 Å². The Bertz CT molecular complexity index is 952. The third kappa shape index (κ3) is 4.68. The molecule has 0 saturated carbocycles. The van der Waals surface area contributed by atoms with E-state index >= 15 is 0 Å². The Morgan fingerprint density at radius 1 is 1.26 bits per heavy atom. The van der Waals surface area contributed by atoms with Crippen molar-refractivity contribution < 1.29 is 9.53 Å². The van der Waals surface area contributed by atoms with Crippen molar-refractivity contribution >= 4 is 17.5 Å². The molecule has 1 unspecified atom stereocenters. The standard InChI is InChI=1S/C21H22ClN3O2/c1-14(20-12-23-25(3)15(20)2)24-21(26)17-7-4-6-16(10-17)13-27-19-9-5-8-18(22)11-19/h4-12,14H,13H2,1-3H3,(H,24,26). The van der Waals surface area contributed by atoms with Crippen LogP contribution < -0.4 is 10.1 Å². The minimum atomic E-state index is -0.129. The first-order valence-corrected chi connectivity index (χ1v) is 9.08. The van der Waals surface area contributed by atoms with E-state index in [-0.39, 0.29) is 11.9 Å². The number of amides is 1. The lowest BCUT2D eigenvalue weighted by Gasteiger charge is -2.14. The first kappa shape index (κ1) is 19.0. The van der Waals surface area contributed by atoms with E-state index in [1.54, 1.807) is 29.1 Å². The van der Waals surface area contributed by atoms with Gasteiger partial charge in [0.25, 0.3) is 5.91 Å². The number of hydrogen-bond acceptors (Lipinski definition) is 3. The monoisotopic (exact) mass is 383 g/mol. The maximum Gasteiger partial charge on any atom is 0.251 e. The molecule has 0 radical (unpaired) electrons. The summed E-state index contributed by atoms with van der Waals surface area (Å²) in [4.78, 5) is 12.6. The summed E-state index contributed by atoms with van der Waals surface area (Å²) in [5.74, 6) is 0.563. The quantitative estimate of drug-likeness (QED) is 0.684. The molecule has 0 saturated heterocycles. The highest BCUT2D eigenvalue weighted by Gasteiger charge is 2.16. The molecule has 1 atom stereocenters. The van der Waals surface area contributed by atoms with Crippen LogP contribution in [-0.2, 0) is 13.7 Å². The highest BCUT2D eigenvalue weighted by Crippen LogP contribution is 2.19. The van der Waals surface area contributed by atoms with Crippen molar-refractivity contribution in [2.24, 2.45) is 7.05 Å². The van der Waals surface area contributed by atoms with E-state index in [1.165, 1.54) is 0 Å². The maximum absolute atomic E-state index is 12.6. The Morgan fingerprint density at radius 3 is 2.74 bits per heavy atom. The van der Waals surface area contributed by atoms with Crippen LogP contribution in [0.3, 0.4) is 0 Å². The van der Waals surface area contributed by atoms with E-state index in [9.17, 15) is 4.79 Å². The molecule has 1 amide bonds. The van der Waals surface area contributed by atoms with Crippen LogP contribution in [0.25, 0.3) is 0 Å². The number of hydrogen-bond donors (Lipinski definition) is 1. The number of nitrogens with zero attached hydrogens (tertiary/aromatic N) is 2. The van der Waals surface area contributed by atoms with E-state index in [2.05, 4.69) is 10.4 Å². The fraction of sp³-hybridized carbons (Fsp3) is 0.238. The number of aryl methyl sites for hydroxylation is 1. The zero-order valence-corrected chi connectivity index (χ0v) is 16.3. The third-order valence-electron chi connectivity index (χ3n) is 4.48. The molecule has 1 aromatic heterocycles. The minimum Gasteiger partial charge on any atom is -0.489 e. The van der Waals surface area contributed by atoms with Crippen LogP contribution in [0.4, 0.5) is 0 Å². The van der Waals surface area contributed by atoms with Gasteiger partial charge in [-0.1, -0.05) is 29.8 Å². The smallest absolute Gasteiger partial charge is 0.251 e. The van der Waals surface area contributed by atoms with Crippen molar-refractivity contribution in [3.63, 3.8) is 0 Å². The van der Waals surface area contributed by atoms with Crippen LogP contribution in [0.5, 0.6) is 5.75 Å². The number of aromatic nitrogens is 2. The van der Waals surface area contributed by atoms with Crippen molar-refractivity contribution in [1.29, 1.82) is 0 Å². The van der Waals surface area contributed by atoms with Gasteiger partial charge >= 0.3 is 0 Å². The maximum atomic E-state index is 12.6. The molecule has 0 aliphatic heterocycles. The predicted octanol–water partition coefficient (Wildman–Crippen LogP) is 4.45. The van der Waals surface area contributed by atoms with Gasteiger partial charge in [-0.15, -0.1) is 0 Å². The summed E-state index contributed by atoms with van der Waals surface area (Å²) >= 11 is 5.97. The number of ether oxygens (including phenoxy) is 1. The lowest BCUT2D eigenvalue weighted by molar-refractivity contribution is 0.0939. The third-order valence-corrected chi connectivity index (χ3v) is 4.71. The Labute approximate surface area is 163 Å². The molecule has 6 heteroatoms. The second-order valence-electron chi connectivity index (χ2n) is 6.45. The lowest BCUT2D eigenvalue weighted by atomic mass is 10.1. The summed E-state index contributed by atoms with van der Waals surface area (Å²) in [5, 5.41) is 7.88. The van der Waals surface area contributed by atoms with E-state index in [0.717, 1.165) is 16.8 Å². The van der Waals surface area contributed by atoms with Crippen molar-refractivity contribution in [2.45, 2.75) is 26.5 Å². The number of rotatable bonds is 6. The van der Waals surface area contributed by atoms with Crippen molar-refractivity contribution in [2.75, 3.05) is 0 Å². The van der Waals surface area contributed by atoms with E-state index in [0.29, 0.717) is 22.9 Å². The molecule has 0 aliphatic rings. The second-order valence-corrected chi connectivity index (χ2v) is 6.89. The van der Waals surface area contributed by atoms with Gasteiger partial charge in [-0.25, -0.2) is 0 Å². The zero-order valence-electron chi connectivity index (χ0n) is 15.6. The molecule has 27 heavy (non-hydrogen) atoms. The summed E-state index contributed by atoms with van der Waals surface area (Å²) in [6, 6.07) is 14.5. The molecule has 3 aromatic rings. The van der Waals surface area contributed by atoms with E-state index in [4.69, 9.17) is 16.3 Å². The van der Waals surface area contributed by atoms with Gasteiger partial charge in [-0.2, -0.15) is 5.10 Å². The average Bonchev–Trinajstić information content (AvgIpc) is 2.99. The number of benzene rings is 2. The molecule has 0 fully saturated rings. The molecule has 1 N–H and O–H groups in total. The number of carbonyl (C=O) groups is 1. The normalized spacial score (nSPS) is 11.9. The van der Waals surface area contributed by atoms with Crippen molar-refractivity contribution in [3.05, 3.63) is 82.1 Å². The van der Waals surface area contributed by atoms with Crippen LogP contribution in [0.2, 0.25) is 5.02 Å². The Hall–Kier alpha value is -2.79. The Kier molecular flexibility index (Phi) is 5.81. The molecule has 5 nitrogen and oxygen atoms in total. The summed E-state index contributed by atoms with van der Waals surface area (Å²) in [6.45, 7) is 4.30. The SMILES string of the molecule is Cc1c(C(C)NC(=O)c2cccc(COc3cccc(Cl)c3)c2)cnn1C. The molecule has 0 bridgehead atoms. The zero-order chi connectivity index (χ0) is 19.4. The average molecular weight is 384 g/mol. The summed E-state index contributed by atoms with van der Waals surface area (Å²) in [5.41, 5.74) is 3.54. The number of nitrogens with one attached hydrogen (secondary N) is 1. The molecule has 0 spiro atoms. The summed E-state index contributed by atoms with van der Waals surface area (Å²) < 4.78 is 7.55. The molecular weight excluding hydrogens is 362 g/mol. The van der Waals surface area contributed by atoms with Gasteiger partial charge in [0.2, 0.25) is 0 Å². The fourth-order valence-electron chi connectivity index (χ4n) is 2.82. The van der Waals surface area contributed by atoms with Gasteiger partial charge in [0, 0.05) is 28.9 Å². The van der Waals surface area contributed by atoms with Gasteiger partial charge in [0.05, 0.1) is 12.2 Å². The number of halogens is 1. The fourth-order valence-corrected chi connectivity index (χ4v) is 3.00. The number of carbonyl (C=O) groups excluding carboxylic acids is 1. The van der Waals surface area contributed by atoms with Crippen molar-refractivity contribution in [1.82, 2.24) is 15.1 Å². The van der Waals surface area contributed by atoms with Crippen LogP contribution in [0, 0.1) is 6.92 Å². The highest BCUT2D eigenvalue weighted by molar-refractivity contribution is 6.30. The largest absolute Gasteiger partial charge is 0.489 e.